The third kappa shape index (κ3) is 2.42. The first-order chi connectivity index (χ1) is 9.10. The molecule has 1 aromatic carbocycles. The van der Waals surface area contributed by atoms with E-state index in [2.05, 4.69) is 31.1 Å². The second-order valence-electron chi connectivity index (χ2n) is 4.91. The maximum absolute atomic E-state index is 13.7. The van der Waals surface area contributed by atoms with Crippen LogP contribution in [0.4, 0.5) is 10.1 Å². The molecule has 0 spiro atoms. The Morgan fingerprint density at radius 2 is 1.89 bits per heavy atom. The fourth-order valence-electron chi connectivity index (χ4n) is 2.41. The lowest BCUT2D eigenvalue weighted by atomic mass is 10.0. The quantitative estimate of drug-likeness (QED) is 0.882. The smallest absolute Gasteiger partial charge is 0.128 e. The minimum absolute atomic E-state index is 0.188. The molecule has 0 saturated heterocycles. The zero-order chi connectivity index (χ0) is 14.0. The number of aromatic nitrogens is 1. The first kappa shape index (κ1) is 13.8. The molecule has 1 heterocycles. The van der Waals surface area contributed by atoms with Gasteiger partial charge in [-0.25, -0.2) is 4.39 Å². The van der Waals surface area contributed by atoms with Gasteiger partial charge in [0.2, 0.25) is 0 Å². The average molecular weight is 260 g/mol. The Balaban J connectivity index is 2.75. The summed E-state index contributed by atoms with van der Waals surface area (Å²) in [6, 6.07) is 3.36. The molecule has 3 heteroatoms. The van der Waals surface area contributed by atoms with E-state index < -0.39 is 0 Å². The van der Waals surface area contributed by atoms with Crippen LogP contribution in [0.2, 0.25) is 0 Å². The number of hydrogen-bond donors (Lipinski definition) is 1. The van der Waals surface area contributed by atoms with Gasteiger partial charge in [0.1, 0.15) is 5.82 Å². The molecule has 102 valence electrons. The largest absolute Gasteiger partial charge is 0.384 e. The Labute approximate surface area is 114 Å². The summed E-state index contributed by atoms with van der Waals surface area (Å²) in [5.41, 5.74) is 4.73. The van der Waals surface area contributed by atoms with E-state index in [1.165, 1.54) is 11.6 Å². The van der Waals surface area contributed by atoms with E-state index in [1.807, 2.05) is 6.07 Å². The Bertz CT molecular complexity index is 605. The molecule has 0 saturated carbocycles. The SMILES string of the molecule is CCCNc1c(C)c(CC)nc2c(C)c(F)ccc12. The highest BCUT2D eigenvalue weighted by Crippen LogP contribution is 2.31. The molecule has 0 unspecified atom stereocenters. The van der Waals surface area contributed by atoms with Gasteiger partial charge in [-0.2, -0.15) is 0 Å². The fourth-order valence-corrected chi connectivity index (χ4v) is 2.41. The summed E-state index contributed by atoms with van der Waals surface area (Å²) in [7, 11) is 0. The van der Waals surface area contributed by atoms with Crippen molar-refractivity contribution in [2.24, 2.45) is 0 Å². The van der Waals surface area contributed by atoms with Crippen molar-refractivity contribution >= 4 is 16.6 Å². The molecule has 2 aromatic rings. The highest BCUT2D eigenvalue weighted by atomic mass is 19.1. The number of rotatable bonds is 4. The fraction of sp³-hybridized carbons (Fsp3) is 0.438. The first-order valence-electron chi connectivity index (χ1n) is 6.92. The van der Waals surface area contributed by atoms with E-state index in [0.717, 1.165) is 41.7 Å². The molecule has 2 rings (SSSR count). The van der Waals surface area contributed by atoms with E-state index in [4.69, 9.17) is 0 Å². The van der Waals surface area contributed by atoms with Crippen LogP contribution in [0.3, 0.4) is 0 Å². The number of benzene rings is 1. The van der Waals surface area contributed by atoms with Crippen LogP contribution < -0.4 is 5.32 Å². The van der Waals surface area contributed by atoms with Crippen LogP contribution in [-0.2, 0) is 6.42 Å². The molecule has 0 atom stereocenters. The summed E-state index contributed by atoms with van der Waals surface area (Å²) in [4.78, 5) is 4.64. The van der Waals surface area contributed by atoms with Crippen molar-refractivity contribution in [3.63, 3.8) is 0 Å². The normalized spacial score (nSPS) is 11.0. The lowest BCUT2D eigenvalue weighted by Gasteiger charge is -2.16. The summed E-state index contributed by atoms with van der Waals surface area (Å²) in [6.45, 7) is 9.02. The topological polar surface area (TPSA) is 24.9 Å². The van der Waals surface area contributed by atoms with Crippen molar-refractivity contribution in [2.75, 3.05) is 11.9 Å². The molecule has 0 bridgehead atoms. The molecule has 0 fully saturated rings. The number of anilines is 1. The number of pyridine rings is 1. The van der Waals surface area contributed by atoms with E-state index in [-0.39, 0.29) is 5.82 Å². The summed E-state index contributed by atoms with van der Waals surface area (Å²) >= 11 is 0. The zero-order valence-corrected chi connectivity index (χ0v) is 12.1. The van der Waals surface area contributed by atoms with Crippen LogP contribution in [0.25, 0.3) is 10.9 Å². The summed E-state index contributed by atoms with van der Waals surface area (Å²) in [5.74, 6) is -0.188. The number of fused-ring (bicyclic) bond motifs is 1. The summed E-state index contributed by atoms with van der Waals surface area (Å²) in [5, 5.41) is 4.48. The van der Waals surface area contributed by atoms with Crippen molar-refractivity contribution < 1.29 is 4.39 Å². The molecule has 0 amide bonds. The molecule has 0 aliphatic heterocycles. The van der Waals surface area contributed by atoms with Gasteiger partial charge < -0.3 is 5.32 Å². The number of aryl methyl sites for hydroxylation is 2. The Morgan fingerprint density at radius 1 is 1.16 bits per heavy atom. The standard InChI is InChI=1S/C16H21FN2/c1-5-9-18-15-11(4)14(6-2)19-16-10(3)13(17)8-7-12(15)16/h7-8H,5-6,9H2,1-4H3,(H,18,19). The zero-order valence-electron chi connectivity index (χ0n) is 12.1. The second-order valence-corrected chi connectivity index (χ2v) is 4.91. The monoisotopic (exact) mass is 260 g/mol. The van der Waals surface area contributed by atoms with Crippen LogP contribution in [0.15, 0.2) is 12.1 Å². The minimum atomic E-state index is -0.188. The lowest BCUT2D eigenvalue weighted by molar-refractivity contribution is 0.620. The molecule has 2 nitrogen and oxygen atoms in total. The summed E-state index contributed by atoms with van der Waals surface area (Å²) in [6.07, 6.45) is 1.92. The molecule has 0 aliphatic carbocycles. The van der Waals surface area contributed by atoms with Gasteiger partial charge in [-0.3, -0.25) is 4.98 Å². The second kappa shape index (κ2) is 5.55. The number of halogens is 1. The summed E-state index contributed by atoms with van der Waals surface area (Å²) < 4.78 is 13.7. The van der Waals surface area contributed by atoms with Crippen molar-refractivity contribution in [1.82, 2.24) is 4.98 Å². The first-order valence-corrected chi connectivity index (χ1v) is 6.92. The van der Waals surface area contributed by atoms with E-state index in [1.54, 1.807) is 6.92 Å². The predicted octanol–water partition coefficient (Wildman–Crippen LogP) is 4.38. The van der Waals surface area contributed by atoms with Gasteiger partial charge in [0, 0.05) is 28.9 Å². The highest BCUT2D eigenvalue weighted by Gasteiger charge is 2.13. The van der Waals surface area contributed by atoms with Crippen molar-refractivity contribution in [2.45, 2.75) is 40.5 Å². The molecule has 0 radical (unpaired) electrons. The van der Waals surface area contributed by atoms with Crippen molar-refractivity contribution in [3.8, 4) is 0 Å². The third-order valence-electron chi connectivity index (χ3n) is 3.58. The van der Waals surface area contributed by atoms with Gasteiger partial charge in [0.05, 0.1) is 5.52 Å². The van der Waals surface area contributed by atoms with E-state index in [0.29, 0.717) is 5.56 Å². The van der Waals surface area contributed by atoms with E-state index in [9.17, 15) is 4.39 Å². The highest BCUT2D eigenvalue weighted by molar-refractivity contribution is 5.95. The Kier molecular flexibility index (Phi) is 4.03. The van der Waals surface area contributed by atoms with Gasteiger partial charge in [-0.1, -0.05) is 13.8 Å². The minimum Gasteiger partial charge on any atom is -0.384 e. The maximum Gasteiger partial charge on any atom is 0.128 e. The van der Waals surface area contributed by atoms with Crippen LogP contribution in [0.5, 0.6) is 0 Å². The molecular formula is C16H21FN2. The number of nitrogens with zero attached hydrogens (tertiary/aromatic N) is 1. The van der Waals surface area contributed by atoms with Crippen molar-refractivity contribution in [3.05, 3.63) is 34.8 Å². The Morgan fingerprint density at radius 3 is 2.53 bits per heavy atom. The Hall–Kier alpha value is -1.64. The van der Waals surface area contributed by atoms with Gasteiger partial charge >= 0.3 is 0 Å². The van der Waals surface area contributed by atoms with Crippen LogP contribution in [0, 0.1) is 19.7 Å². The number of nitrogens with one attached hydrogen (secondary N) is 1. The maximum atomic E-state index is 13.7. The average Bonchev–Trinajstić information content (AvgIpc) is 2.41. The molecular weight excluding hydrogens is 239 g/mol. The van der Waals surface area contributed by atoms with Crippen LogP contribution >= 0.6 is 0 Å². The predicted molar refractivity (Wildman–Crippen MR) is 79.3 cm³/mol. The lowest BCUT2D eigenvalue weighted by Crippen LogP contribution is -2.06. The van der Waals surface area contributed by atoms with Crippen molar-refractivity contribution in [1.29, 1.82) is 0 Å². The van der Waals surface area contributed by atoms with E-state index >= 15 is 0 Å². The van der Waals surface area contributed by atoms with Crippen LogP contribution in [0.1, 0.15) is 37.1 Å². The molecule has 0 aliphatic rings. The number of hydrogen-bond acceptors (Lipinski definition) is 2. The van der Waals surface area contributed by atoms with Crippen LogP contribution in [-0.4, -0.2) is 11.5 Å². The van der Waals surface area contributed by atoms with Gasteiger partial charge in [0.15, 0.2) is 0 Å². The third-order valence-corrected chi connectivity index (χ3v) is 3.58. The van der Waals surface area contributed by atoms with Gasteiger partial charge in [0.25, 0.3) is 0 Å². The molecule has 1 aromatic heterocycles. The molecule has 19 heavy (non-hydrogen) atoms. The van der Waals surface area contributed by atoms with Gasteiger partial charge in [-0.15, -0.1) is 0 Å². The van der Waals surface area contributed by atoms with Gasteiger partial charge in [-0.05, 0) is 44.4 Å². The molecule has 1 N–H and O–H groups in total.